The largest absolute Gasteiger partial charge is 0.504 e. The van der Waals surface area contributed by atoms with Crippen molar-refractivity contribution in [1.82, 2.24) is 0 Å². The number of halogens is 2. The molecule has 0 bridgehead atoms. The Kier molecular flexibility index (Phi) is 4.59. The van der Waals surface area contributed by atoms with Gasteiger partial charge in [-0.1, -0.05) is 17.7 Å². The van der Waals surface area contributed by atoms with Crippen LogP contribution in [0.3, 0.4) is 0 Å². The Labute approximate surface area is 134 Å². The molecule has 1 unspecified atom stereocenters. The van der Waals surface area contributed by atoms with Gasteiger partial charge in [0.25, 0.3) is 0 Å². The first-order valence-electron chi connectivity index (χ1n) is 5.91. The molecule has 0 fully saturated rings. The third-order valence-electron chi connectivity index (χ3n) is 2.85. The number of nitrogens with one attached hydrogen (secondary N) is 1. The lowest BCUT2D eigenvalue weighted by Crippen LogP contribution is -2.27. The molecule has 21 heavy (non-hydrogen) atoms. The second-order valence-electron chi connectivity index (χ2n) is 4.36. The number of benzene rings is 2. The van der Waals surface area contributed by atoms with Crippen molar-refractivity contribution in [3.05, 3.63) is 51.5 Å². The van der Waals surface area contributed by atoms with E-state index in [2.05, 4.69) is 21.2 Å². The van der Waals surface area contributed by atoms with Gasteiger partial charge in [0, 0.05) is 10.2 Å². The quantitative estimate of drug-likeness (QED) is 0.621. The molecule has 5 N–H and O–H groups in total. The van der Waals surface area contributed by atoms with Crippen LogP contribution in [0.4, 0.5) is 5.69 Å². The van der Waals surface area contributed by atoms with Crippen LogP contribution in [0.1, 0.15) is 11.6 Å². The van der Waals surface area contributed by atoms with E-state index in [4.69, 9.17) is 17.3 Å². The van der Waals surface area contributed by atoms with Gasteiger partial charge in [-0.2, -0.15) is 0 Å². The van der Waals surface area contributed by atoms with E-state index < -0.39 is 11.9 Å². The smallest absolute Gasteiger partial charge is 0.244 e. The highest BCUT2D eigenvalue weighted by atomic mass is 79.9. The number of amides is 1. The van der Waals surface area contributed by atoms with Crippen molar-refractivity contribution in [3.8, 4) is 11.5 Å². The molecule has 1 amide bonds. The number of hydrogen-bond donors (Lipinski definition) is 4. The number of rotatable bonds is 4. The predicted molar refractivity (Wildman–Crippen MR) is 84.5 cm³/mol. The molecule has 110 valence electrons. The summed E-state index contributed by atoms with van der Waals surface area (Å²) in [6.45, 7) is 0. The minimum absolute atomic E-state index is 0.267. The van der Waals surface area contributed by atoms with Crippen molar-refractivity contribution in [2.75, 3.05) is 5.32 Å². The highest BCUT2D eigenvalue weighted by Gasteiger charge is 2.19. The highest BCUT2D eigenvalue weighted by molar-refractivity contribution is 9.10. The van der Waals surface area contributed by atoms with Crippen LogP contribution in [-0.4, -0.2) is 16.1 Å². The normalized spacial score (nSPS) is 11.9. The molecule has 2 rings (SSSR count). The number of carbonyl (C=O) groups is 1. The summed E-state index contributed by atoms with van der Waals surface area (Å²) in [5, 5.41) is 22.3. The molecule has 0 spiro atoms. The van der Waals surface area contributed by atoms with E-state index in [9.17, 15) is 15.0 Å². The SMILES string of the molecule is NC(=O)C(Nc1ccc(Cl)c(Br)c1)c1ccc(O)c(O)c1. The Morgan fingerprint density at radius 2 is 1.90 bits per heavy atom. The fraction of sp³-hybridized carbons (Fsp3) is 0.0714. The first kappa shape index (κ1) is 15.5. The van der Waals surface area contributed by atoms with Crippen molar-refractivity contribution in [2.24, 2.45) is 5.73 Å². The molecule has 0 saturated heterocycles. The zero-order chi connectivity index (χ0) is 15.6. The van der Waals surface area contributed by atoms with E-state index in [1.165, 1.54) is 18.2 Å². The lowest BCUT2D eigenvalue weighted by Gasteiger charge is -2.18. The van der Waals surface area contributed by atoms with Gasteiger partial charge in [-0.05, 0) is 51.8 Å². The first-order valence-corrected chi connectivity index (χ1v) is 7.08. The molecular weight excluding hydrogens is 360 g/mol. The summed E-state index contributed by atoms with van der Waals surface area (Å²) in [5.41, 5.74) is 6.45. The highest BCUT2D eigenvalue weighted by Crippen LogP contribution is 2.31. The number of hydrogen-bond acceptors (Lipinski definition) is 4. The lowest BCUT2D eigenvalue weighted by atomic mass is 10.1. The van der Waals surface area contributed by atoms with E-state index in [-0.39, 0.29) is 11.5 Å². The summed E-state index contributed by atoms with van der Waals surface area (Å²) in [7, 11) is 0. The standard InChI is InChI=1S/C14H12BrClN2O3/c15-9-6-8(2-3-10(9)16)18-13(14(17)21)7-1-4-11(19)12(20)5-7/h1-6,13,18-20H,(H2,17,21). The van der Waals surface area contributed by atoms with Crippen LogP contribution in [0.5, 0.6) is 11.5 Å². The summed E-state index contributed by atoms with van der Waals surface area (Å²) < 4.78 is 0.672. The number of carbonyl (C=O) groups excluding carboxylic acids is 1. The summed E-state index contributed by atoms with van der Waals surface area (Å²) in [6.07, 6.45) is 0. The zero-order valence-electron chi connectivity index (χ0n) is 10.7. The average molecular weight is 372 g/mol. The maximum atomic E-state index is 11.6. The van der Waals surface area contributed by atoms with Crippen LogP contribution in [0, 0.1) is 0 Å². The van der Waals surface area contributed by atoms with Gasteiger partial charge in [0.2, 0.25) is 5.91 Å². The van der Waals surface area contributed by atoms with Crippen molar-refractivity contribution >= 4 is 39.1 Å². The second-order valence-corrected chi connectivity index (χ2v) is 5.62. The number of aromatic hydroxyl groups is 2. The molecular formula is C14H12BrClN2O3. The fourth-order valence-electron chi connectivity index (χ4n) is 1.79. The van der Waals surface area contributed by atoms with Gasteiger partial charge in [0.1, 0.15) is 6.04 Å². The van der Waals surface area contributed by atoms with Gasteiger partial charge in [0.15, 0.2) is 11.5 Å². The molecule has 0 radical (unpaired) electrons. The van der Waals surface area contributed by atoms with Crippen LogP contribution in [0.15, 0.2) is 40.9 Å². The van der Waals surface area contributed by atoms with Crippen LogP contribution >= 0.6 is 27.5 Å². The topological polar surface area (TPSA) is 95.6 Å². The van der Waals surface area contributed by atoms with Crippen molar-refractivity contribution in [3.63, 3.8) is 0 Å². The molecule has 0 aliphatic carbocycles. The van der Waals surface area contributed by atoms with Gasteiger partial charge < -0.3 is 21.3 Å². The molecule has 0 aromatic heterocycles. The van der Waals surface area contributed by atoms with Crippen LogP contribution in [0.25, 0.3) is 0 Å². The Balaban J connectivity index is 2.32. The minimum Gasteiger partial charge on any atom is -0.504 e. The molecule has 7 heteroatoms. The molecule has 0 saturated carbocycles. The van der Waals surface area contributed by atoms with Gasteiger partial charge in [-0.3, -0.25) is 4.79 Å². The summed E-state index contributed by atoms with van der Waals surface area (Å²) in [6, 6.07) is 8.29. The monoisotopic (exact) mass is 370 g/mol. The molecule has 2 aromatic carbocycles. The molecule has 0 aliphatic heterocycles. The molecule has 2 aromatic rings. The number of phenolic OH excluding ortho intramolecular Hbond substituents is 2. The number of primary amides is 1. The Hall–Kier alpha value is -1.92. The Bertz CT molecular complexity index is 694. The Morgan fingerprint density at radius 1 is 1.19 bits per heavy atom. The molecule has 0 aliphatic rings. The molecule has 0 heterocycles. The van der Waals surface area contributed by atoms with Gasteiger partial charge in [-0.15, -0.1) is 0 Å². The van der Waals surface area contributed by atoms with Gasteiger partial charge in [0.05, 0.1) is 5.02 Å². The second kappa shape index (κ2) is 6.24. The van der Waals surface area contributed by atoms with Crippen molar-refractivity contribution in [1.29, 1.82) is 0 Å². The van der Waals surface area contributed by atoms with E-state index in [0.29, 0.717) is 20.7 Å². The van der Waals surface area contributed by atoms with E-state index in [0.717, 1.165) is 0 Å². The number of phenols is 2. The average Bonchev–Trinajstić information content (AvgIpc) is 2.43. The van der Waals surface area contributed by atoms with Crippen LogP contribution < -0.4 is 11.1 Å². The number of anilines is 1. The maximum Gasteiger partial charge on any atom is 0.244 e. The fourth-order valence-corrected chi connectivity index (χ4v) is 2.29. The van der Waals surface area contributed by atoms with Crippen molar-refractivity contribution < 1.29 is 15.0 Å². The van der Waals surface area contributed by atoms with E-state index in [1.54, 1.807) is 18.2 Å². The molecule has 5 nitrogen and oxygen atoms in total. The number of nitrogens with two attached hydrogens (primary N) is 1. The van der Waals surface area contributed by atoms with Crippen LogP contribution in [0.2, 0.25) is 5.02 Å². The first-order chi connectivity index (χ1) is 9.88. The van der Waals surface area contributed by atoms with Crippen molar-refractivity contribution in [2.45, 2.75) is 6.04 Å². The third-order valence-corrected chi connectivity index (χ3v) is 4.06. The Morgan fingerprint density at radius 3 is 2.48 bits per heavy atom. The maximum absolute atomic E-state index is 11.6. The van der Waals surface area contributed by atoms with Gasteiger partial charge in [-0.25, -0.2) is 0 Å². The third kappa shape index (κ3) is 3.59. The van der Waals surface area contributed by atoms with Crippen LogP contribution in [-0.2, 0) is 4.79 Å². The van der Waals surface area contributed by atoms with Gasteiger partial charge >= 0.3 is 0 Å². The predicted octanol–water partition coefficient (Wildman–Crippen LogP) is 3.15. The van der Waals surface area contributed by atoms with E-state index in [1.807, 2.05) is 0 Å². The summed E-state index contributed by atoms with van der Waals surface area (Å²) >= 11 is 9.20. The minimum atomic E-state index is -0.857. The zero-order valence-corrected chi connectivity index (χ0v) is 13.0. The van der Waals surface area contributed by atoms with E-state index >= 15 is 0 Å². The summed E-state index contributed by atoms with van der Waals surface area (Å²) in [5.74, 6) is -1.21. The molecule has 1 atom stereocenters. The summed E-state index contributed by atoms with van der Waals surface area (Å²) in [4.78, 5) is 11.6. The lowest BCUT2D eigenvalue weighted by molar-refractivity contribution is -0.118.